The molecule has 17 heavy (non-hydrogen) atoms. The van der Waals surface area contributed by atoms with Crippen LogP contribution in [0.5, 0.6) is 0 Å². The van der Waals surface area contributed by atoms with Crippen molar-refractivity contribution in [1.29, 1.82) is 0 Å². The van der Waals surface area contributed by atoms with Gasteiger partial charge in [-0.15, -0.1) is 6.42 Å². The van der Waals surface area contributed by atoms with Crippen LogP contribution in [-0.2, 0) is 0 Å². The third-order valence-electron chi connectivity index (χ3n) is 2.15. The second kappa shape index (κ2) is 6.12. The monoisotopic (exact) mass is 251 g/mol. The summed E-state index contributed by atoms with van der Waals surface area (Å²) in [7, 11) is 0. The number of nitrogen functional groups attached to an aromatic ring is 1. The molecule has 0 fully saturated rings. The molecule has 0 radical (unpaired) electrons. The Balaban J connectivity index is 3.00. The van der Waals surface area contributed by atoms with Gasteiger partial charge in [0.1, 0.15) is 5.15 Å². The lowest BCUT2D eigenvalue weighted by Crippen LogP contribution is -2.32. The average molecular weight is 252 g/mol. The van der Waals surface area contributed by atoms with Crippen molar-refractivity contribution in [3.05, 3.63) is 23.0 Å². The lowest BCUT2D eigenvalue weighted by molar-refractivity contribution is 0.0776. The highest BCUT2D eigenvalue weighted by atomic mass is 35.5. The van der Waals surface area contributed by atoms with Gasteiger partial charge in [0.25, 0.3) is 5.91 Å². The number of hydrogen-bond donors (Lipinski definition) is 1. The summed E-state index contributed by atoms with van der Waals surface area (Å²) in [5.41, 5.74) is 6.27. The van der Waals surface area contributed by atoms with Crippen LogP contribution in [-0.4, -0.2) is 28.9 Å². The van der Waals surface area contributed by atoms with Crippen molar-refractivity contribution in [2.75, 3.05) is 18.8 Å². The van der Waals surface area contributed by atoms with Crippen LogP contribution in [0, 0.1) is 12.3 Å². The molecule has 1 aromatic rings. The van der Waals surface area contributed by atoms with Crippen LogP contribution in [0.25, 0.3) is 0 Å². The Morgan fingerprint density at radius 2 is 2.41 bits per heavy atom. The summed E-state index contributed by atoms with van der Waals surface area (Å²) in [6, 6.07) is 1.51. The van der Waals surface area contributed by atoms with E-state index in [1.54, 1.807) is 4.90 Å². The number of rotatable bonds is 4. The average Bonchev–Trinajstić information content (AvgIpc) is 2.31. The molecule has 0 spiro atoms. The number of halogens is 1. The van der Waals surface area contributed by atoms with Crippen LogP contribution >= 0.6 is 11.6 Å². The molecule has 1 heterocycles. The predicted octanol–water partition coefficient (Wildman–Crippen LogP) is 1.80. The Bertz CT molecular complexity index is 454. The van der Waals surface area contributed by atoms with Crippen molar-refractivity contribution < 1.29 is 4.79 Å². The number of carbonyl (C=O) groups is 1. The minimum atomic E-state index is -0.241. The topological polar surface area (TPSA) is 59.2 Å². The fourth-order valence-corrected chi connectivity index (χ4v) is 1.60. The normalized spacial score (nSPS) is 9.71. The fraction of sp³-hybridized carbons (Fsp3) is 0.333. The van der Waals surface area contributed by atoms with E-state index in [1.807, 2.05) is 6.92 Å². The van der Waals surface area contributed by atoms with E-state index in [0.29, 0.717) is 12.2 Å². The van der Waals surface area contributed by atoms with Gasteiger partial charge >= 0.3 is 0 Å². The zero-order chi connectivity index (χ0) is 12.8. The number of anilines is 1. The third-order valence-corrected chi connectivity index (χ3v) is 2.45. The number of nitrogens with two attached hydrogens (primary N) is 1. The van der Waals surface area contributed by atoms with E-state index in [4.69, 9.17) is 23.8 Å². The Morgan fingerprint density at radius 3 is 3.00 bits per heavy atom. The van der Waals surface area contributed by atoms with Crippen molar-refractivity contribution in [3.63, 3.8) is 0 Å². The summed E-state index contributed by atoms with van der Waals surface area (Å²) < 4.78 is 0. The van der Waals surface area contributed by atoms with E-state index in [1.165, 1.54) is 12.3 Å². The van der Waals surface area contributed by atoms with Gasteiger partial charge in [0, 0.05) is 6.54 Å². The van der Waals surface area contributed by atoms with Gasteiger partial charge in [-0.25, -0.2) is 4.98 Å². The molecule has 2 N–H and O–H groups in total. The van der Waals surface area contributed by atoms with Crippen molar-refractivity contribution in [1.82, 2.24) is 9.88 Å². The molecule has 5 heteroatoms. The molecule has 0 aliphatic rings. The van der Waals surface area contributed by atoms with Crippen molar-refractivity contribution in [2.45, 2.75) is 13.3 Å². The SMILES string of the molecule is C#CCN(CCC)C(=O)c1cc(N)cnc1Cl. The standard InChI is InChI=1S/C12H14ClN3O/c1-3-5-16(6-4-2)12(17)10-7-9(14)8-15-11(10)13/h1,7-8H,4-6,14H2,2H3. The highest BCUT2D eigenvalue weighted by molar-refractivity contribution is 6.32. The van der Waals surface area contributed by atoms with Crippen LogP contribution in [0.3, 0.4) is 0 Å². The maximum Gasteiger partial charge on any atom is 0.257 e. The van der Waals surface area contributed by atoms with E-state index in [2.05, 4.69) is 10.9 Å². The Labute approximate surface area is 106 Å². The van der Waals surface area contributed by atoms with E-state index >= 15 is 0 Å². The van der Waals surface area contributed by atoms with E-state index in [-0.39, 0.29) is 23.2 Å². The Kier molecular flexibility index (Phi) is 4.80. The molecule has 1 rings (SSSR count). The van der Waals surface area contributed by atoms with Gasteiger partial charge in [0.15, 0.2) is 0 Å². The minimum Gasteiger partial charge on any atom is -0.397 e. The summed E-state index contributed by atoms with van der Waals surface area (Å²) in [6.45, 7) is 2.79. The predicted molar refractivity (Wildman–Crippen MR) is 68.7 cm³/mol. The summed E-state index contributed by atoms with van der Waals surface area (Å²) in [4.78, 5) is 17.5. The van der Waals surface area contributed by atoms with Gasteiger partial charge in [-0.05, 0) is 12.5 Å². The molecule has 0 unspecified atom stereocenters. The van der Waals surface area contributed by atoms with Gasteiger partial charge in [0.05, 0.1) is 24.0 Å². The molecule has 1 amide bonds. The second-order valence-electron chi connectivity index (χ2n) is 3.54. The number of pyridine rings is 1. The van der Waals surface area contributed by atoms with Gasteiger partial charge in [-0.2, -0.15) is 0 Å². The first kappa shape index (κ1) is 13.3. The van der Waals surface area contributed by atoms with Crippen LogP contribution in [0.2, 0.25) is 5.15 Å². The molecule has 4 nitrogen and oxygen atoms in total. The van der Waals surface area contributed by atoms with Gasteiger partial charge in [-0.1, -0.05) is 24.4 Å². The maximum absolute atomic E-state index is 12.1. The van der Waals surface area contributed by atoms with E-state index in [9.17, 15) is 4.79 Å². The number of aromatic nitrogens is 1. The van der Waals surface area contributed by atoms with Gasteiger partial charge in [0.2, 0.25) is 0 Å². The molecule has 0 aliphatic carbocycles. The van der Waals surface area contributed by atoms with Crippen molar-refractivity contribution in [3.8, 4) is 12.3 Å². The zero-order valence-electron chi connectivity index (χ0n) is 9.61. The Hall–Kier alpha value is -1.73. The smallest absolute Gasteiger partial charge is 0.257 e. The van der Waals surface area contributed by atoms with Crippen LogP contribution in [0.1, 0.15) is 23.7 Å². The first-order valence-electron chi connectivity index (χ1n) is 5.24. The fourth-order valence-electron chi connectivity index (χ4n) is 1.42. The zero-order valence-corrected chi connectivity index (χ0v) is 10.4. The van der Waals surface area contributed by atoms with Gasteiger partial charge < -0.3 is 10.6 Å². The molecule has 0 bridgehead atoms. The summed E-state index contributed by atoms with van der Waals surface area (Å²) in [6.07, 6.45) is 7.45. The molecule has 0 atom stereocenters. The summed E-state index contributed by atoms with van der Waals surface area (Å²) in [5.74, 6) is 2.21. The highest BCUT2D eigenvalue weighted by Gasteiger charge is 2.18. The number of terminal acetylenes is 1. The lowest BCUT2D eigenvalue weighted by Gasteiger charge is -2.19. The molecule has 0 saturated heterocycles. The van der Waals surface area contributed by atoms with E-state index in [0.717, 1.165) is 6.42 Å². The first-order valence-corrected chi connectivity index (χ1v) is 5.61. The molecule has 1 aromatic heterocycles. The highest BCUT2D eigenvalue weighted by Crippen LogP contribution is 2.17. The van der Waals surface area contributed by atoms with Crippen LogP contribution in [0.4, 0.5) is 5.69 Å². The molecular weight excluding hydrogens is 238 g/mol. The van der Waals surface area contributed by atoms with Crippen molar-refractivity contribution >= 4 is 23.2 Å². The molecule has 0 aromatic carbocycles. The quantitative estimate of drug-likeness (QED) is 0.656. The molecule has 0 saturated carbocycles. The van der Waals surface area contributed by atoms with Gasteiger partial charge in [-0.3, -0.25) is 4.79 Å². The summed E-state index contributed by atoms with van der Waals surface area (Å²) >= 11 is 5.87. The number of amides is 1. The largest absolute Gasteiger partial charge is 0.397 e. The van der Waals surface area contributed by atoms with Crippen molar-refractivity contribution in [2.24, 2.45) is 0 Å². The molecule has 0 aliphatic heterocycles. The molecular formula is C12H14ClN3O. The van der Waals surface area contributed by atoms with Crippen LogP contribution < -0.4 is 5.73 Å². The first-order chi connectivity index (χ1) is 8.10. The van der Waals surface area contributed by atoms with Crippen LogP contribution in [0.15, 0.2) is 12.3 Å². The minimum absolute atomic E-state index is 0.141. The number of carbonyl (C=O) groups excluding carboxylic acids is 1. The maximum atomic E-state index is 12.1. The summed E-state index contributed by atoms with van der Waals surface area (Å²) in [5, 5.41) is 0.141. The number of nitrogens with zero attached hydrogens (tertiary/aromatic N) is 2. The lowest BCUT2D eigenvalue weighted by atomic mass is 10.2. The van der Waals surface area contributed by atoms with E-state index < -0.39 is 0 Å². The Morgan fingerprint density at radius 1 is 1.71 bits per heavy atom. The second-order valence-corrected chi connectivity index (χ2v) is 3.90. The third kappa shape index (κ3) is 3.36. The number of hydrogen-bond acceptors (Lipinski definition) is 3. The molecule has 90 valence electrons.